The minimum absolute atomic E-state index is 0.0759. The van der Waals surface area contributed by atoms with E-state index in [2.05, 4.69) is 0 Å². The summed E-state index contributed by atoms with van der Waals surface area (Å²) in [5.74, 6) is -2.57. The molecule has 1 unspecified atom stereocenters. The molecule has 0 aromatic heterocycles. The maximum atomic E-state index is 10.6. The zero-order valence-corrected chi connectivity index (χ0v) is 5.70. The van der Waals surface area contributed by atoms with Crippen molar-refractivity contribution < 1.29 is 19.8 Å². The van der Waals surface area contributed by atoms with Gasteiger partial charge in [0.2, 0.25) is 0 Å². The molecule has 4 nitrogen and oxygen atoms in total. The Hall–Kier alpha value is -0.900. The van der Waals surface area contributed by atoms with Crippen molar-refractivity contribution in [1.82, 2.24) is 0 Å². The lowest BCUT2D eigenvalue weighted by molar-refractivity contribution is -0.145. The van der Waals surface area contributed by atoms with Crippen molar-refractivity contribution in [3.8, 4) is 0 Å². The first-order valence-electron chi connectivity index (χ1n) is 2.96. The van der Waals surface area contributed by atoms with Gasteiger partial charge in [-0.05, 0) is 6.92 Å². The van der Waals surface area contributed by atoms with E-state index in [1.165, 1.54) is 6.92 Å². The minimum atomic E-state index is -1.14. The first-order chi connectivity index (χ1) is 4.59. The van der Waals surface area contributed by atoms with E-state index in [9.17, 15) is 9.59 Å². The maximum absolute atomic E-state index is 10.6. The van der Waals surface area contributed by atoms with Crippen LogP contribution in [0.4, 0.5) is 0 Å². The molecule has 10 heavy (non-hydrogen) atoms. The molecule has 0 saturated heterocycles. The Labute approximate surface area is 58.5 Å². The summed E-state index contributed by atoms with van der Waals surface area (Å²) in [6.07, 6.45) is -0.0759. The number of hydrogen-bond acceptors (Lipinski definition) is 3. The fraction of sp³-hybridized carbons (Fsp3) is 0.667. The molecule has 0 heterocycles. The number of Topliss-reactive ketones (excluding diaryl/α,β-unsaturated/α-hetero) is 1. The molecule has 2 N–H and O–H groups in total. The molecule has 0 aliphatic rings. The highest BCUT2D eigenvalue weighted by atomic mass is 16.4. The Morgan fingerprint density at radius 2 is 2.00 bits per heavy atom. The number of aliphatic carboxylic acids is 1. The molecular weight excluding hydrogens is 136 g/mol. The smallest absolute Gasteiger partial charge is 0.313 e. The zero-order valence-electron chi connectivity index (χ0n) is 5.70. The van der Waals surface area contributed by atoms with Gasteiger partial charge in [-0.25, -0.2) is 0 Å². The molecule has 0 saturated carbocycles. The fourth-order valence-corrected chi connectivity index (χ4v) is 0.464. The summed E-state index contributed by atoms with van der Waals surface area (Å²) in [4.78, 5) is 20.8. The van der Waals surface area contributed by atoms with Crippen molar-refractivity contribution in [3.05, 3.63) is 0 Å². The normalized spacial score (nSPS) is 12.6. The standard InChI is InChI=1S/C6H10O4/c1-4(6(9)10)5(8)2-3-7/h4,7H,2-3H2,1H3,(H,9,10). The van der Waals surface area contributed by atoms with Gasteiger partial charge in [-0.3, -0.25) is 9.59 Å². The van der Waals surface area contributed by atoms with Crippen molar-refractivity contribution in [2.75, 3.05) is 6.61 Å². The van der Waals surface area contributed by atoms with Crippen molar-refractivity contribution in [3.63, 3.8) is 0 Å². The third-order valence-electron chi connectivity index (χ3n) is 1.21. The van der Waals surface area contributed by atoms with Gasteiger partial charge in [0, 0.05) is 13.0 Å². The molecule has 4 heteroatoms. The molecule has 0 spiro atoms. The molecule has 0 aliphatic heterocycles. The van der Waals surface area contributed by atoms with Gasteiger partial charge < -0.3 is 10.2 Å². The summed E-state index contributed by atoms with van der Waals surface area (Å²) in [7, 11) is 0. The van der Waals surface area contributed by atoms with Crippen LogP contribution in [0.2, 0.25) is 0 Å². The van der Waals surface area contributed by atoms with Gasteiger partial charge in [0.25, 0.3) is 0 Å². The molecule has 0 aromatic rings. The van der Waals surface area contributed by atoms with E-state index in [4.69, 9.17) is 10.2 Å². The van der Waals surface area contributed by atoms with Crippen molar-refractivity contribution >= 4 is 11.8 Å². The van der Waals surface area contributed by atoms with Crippen LogP contribution in [0.3, 0.4) is 0 Å². The Balaban J connectivity index is 3.82. The molecule has 0 aromatic carbocycles. The van der Waals surface area contributed by atoms with Crippen LogP contribution in [-0.2, 0) is 9.59 Å². The predicted octanol–water partition coefficient (Wildman–Crippen LogP) is -0.341. The highest BCUT2D eigenvalue weighted by Gasteiger charge is 2.18. The van der Waals surface area contributed by atoms with Crippen molar-refractivity contribution in [2.45, 2.75) is 13.3 Å². The van der Waals surface area contributed by atoms with Crippen LogP contribution in [0.5, 0.6) is 0 Å². The largest absolute Gasteiger partial charge is 0.481 e. The van der Waals surface area contributed by atoms with Crippen LogP contribution in [0.1, 0.15) is 13.3 Å². The third kappa shape index (κ3) is 2.59. The van der Waals surface area contributed by atoms with Gasteiger partial charge >= 0.3 is 5.97 Å². The second-order valence-electron chi connectivity index (χ2n) is 2.00. The summed E-state index contributed by atoms with van der Waals surface area (Å²) in [6, 6.07) is 0. The molecule has 0 amide bonds. The molecule has 58 valence electrons. The van der Waals surface area contributed by atoms with Crippen molar-refractivity contribution in [2.24, 2.45) is 5.92 Å². The first-order valence-corrected chi connectivity index (χ1v) is 2.96. The Morgan fingerprint density at radius 1 is 1.50 bits per heavy atom. The minimum Gasteiger partial charge on any atom is -0.481 e. The number of aliphatic hydroxyl groups excluding tert-OH is 1. The number of ketones is 1. The van der Waals surface area contributed by atoms with E-state index in [-0.39, 0.29) is 13.0 Å². The van der Waals surface area contributed by atoms with Gasteiger partial charge in [-0.1, -0.05) is 0 Å². The first kappa shape index (κ1) is 9.10. The third-order valence-corrected chi connectivity index (χ3v) is 1.21. The Kier molecular flexibility index (Phi) is 3.64. The SMILES string of the molecule is CC(C(=O)O)C(=O)CCO. The molecule has 1 atom stereocenters. The van der Waals surface area contributed by atoms with E-state index >= 15 is 0 Å². The second kappa shape index (κ2) is 4.00. The van der Waals surface area contributed by atoms with E-state index in [1.54, 1.807) is 0 Å². The van der Waals surface area contributed by atoms with E-state index < -0.39 is 17.7 Å². The van der Waals surface area contributed by atoms with E-state index in [0.29, 0.717) is 0 Å². The average Bonchev–Trinajstić information content (AvgIpc) is 1.87. The summed E-state index contributed by atoms with van der Waals surface area (Å²) in [5.41, 5.74) is 0. The number of carboxylic acids is 1. The van der Waals surface area contributed by atoms with Gasteiger partial charge in [0.05, 0.1) is 0 Å². The molecular formula is C6H10O4. The lowest BCUT2D eigenvalue weighted by Crippen LogP contribution is -2.20. The lowest BCUT2D eigenvalue weighted by atomic mass is 10.1. The summed E-state index contributed by atoms with van der Waals surface area (Å²) in [5, 5.41) is 16.5. The lowest BCUT2D eigenvalue weighted by Gasteiger charge is -2.01. The number of rotatable bonds is 4. The van der Waals surface area contributed by atoms with Gasteiger partial charge in [-0.2, -0.15) is 0 Å². The van der Waals surface area contributed by atoms with Crippen LogP contribution in [0, 0.1) is 5.92 Å². The van der Waals surface area contributed by atoms with Crippen LogP contribution in [-0.4, -0.2) is 28.6 Å². The molecule has 0 rings (SSSR count). The molecule has 0 bridgehead atoms. The van der Waals surface area contributed by atoms with E-state index in [1.807, 2.05) is 0 Å². The van der Waals surface area contributed by atoms with Crippen LogP contribution in [0.15, 0.2) is 0 Å². The topological polar surface area (TPSA) is 74.6 Å². The van der Waals surface area contributed by atoms with Crippen LogP contribution in [0.25, 0.3) is 0 Å². The second-order valence-corrected chi connectivity index (χ2v) is 2.00. The monoisotopic (exact) mass is 146 g/mol. The molecule has 0 radical (unpaired) electrons. The van der Waals surface area contributed by atoms with Crippen molar-refractivity contribution in [1.29, 1.82) is 0 Å². The summed E-state index contributed by atoms with van der Waals surface area (Å²) >= 11 is 0. The van der Waals surface area contributed by atoms with Crippen LogP contribution >= 0.6 is 0 Å². The molecule has 0 aliphatic carbocycles. The highest BCUT2D eigenvalue weighted by molar-refractivity contribution is 5.97. The van der Waals surface area contributed by atoms with Crippen LogP contribution < -0.4 is 0 Å². The fourth-order valence-electron chi connectivity index (χ4n) is 0.464. The Bertz CT molecular complexity index is 141. The summed E-state index contributed by atoms with van der Waals surface area (Å²) in [6.45, 7) is 1.02. The number of carboxylic acid groups (broad SMARTS) is 1. The number of hydrogen-bond donors (Lipinski definition) is 2. The molecule has 0 fully saturated rings. The predicted molar refractivity (Wildman–Crippen MR) is 33.5 cm³/mol. The maximum Gasteiger partial charge on any atom is 0.313 e. The quantitative estimate of drug-likeness (QED) is 0.532. The zero-order chi connectivity index (χ0) is 8.15. The van der Waals surface area contributed by atoms with E-state index in [0.717, 1.165) is 0 Å². The number of carbonyl (C=O) groups excluding carboxylic acids is 1. The number of aliphatic hydroxyl groups is 1. The average molecular weight is 146 g/mol. The number of carbonyl (C=O) groups is 2. The highest BCUT2D eigenvalue weighted by Crippen LogP contribution is 1.99. The summed E-state index contributed by atoms with van der Waals surface area (Å²) < 4.78 is 0. The van der Waals surface area contributed by atoms with Gasteiger partial charge in [0.15, 0.2) is 0 Å². The van der Waals surface area contributed by atoms with Gasteiger partial charge in [0.1, 0.15) is 11.7 Å². The van der Waals surface area contributed by atoms with Gasteiger partial charge in [-0.15, -0.1) is 0 Å². The Morgan fingerprint density at radius 3 is 2.30 bits per heavy atom.